The molecule has 6 heteroatoms. The molecule has 0 atom stereocenters. The van der Waals surface area contributed by atoms with Crippen LogP contribution in [-0.4, -0.2) is 46.2 Å². The maximum absolute atomic E-state index is 12.5. The number of piperidine rings is 1. The molecule has 0 spiro atoms. The van der Waals surface area contributed by atoms with E-state index in [1.165, 1.54) is 38.5 Å². The molecule has 1 fully saturated rings. The van der Waals surface area contributed by atoms with Gasteiger partial charge in [-0.25, -0.2) is 19.4 Å². The van der Waals surface area contributed by atoms with Gasteiger partial charge in [-0.2, -0.15) is 0 Å². The minimum Gasteiger partial charge on any atom is -0.395 e. The third kappa shape index (κ3) is 9.34. The van der Waals surface area contributed by atoms with Crippen molar-refractivity contribution in [1.29, 1.82) is 0 Å². The first-order valence-corrected chi connectivity index (χ1v) is 11.9. The molecule has 0 radical (unpaired) electrons. The molecule has 0 saturated carbocycles. The van der Waals surface area contributed by atoms with Crippen molar-refractivity contribution in [3.8, 4) is 0 Å². The van der Waals surface area contributed by atoms with Crippen LogP contribution in [0.15, 0.2) is 0 Å². The van der Waals surface area contributed by atoms with Gasteiger partial charge in [0, 0.05) is 17.6 Å². The van der Waals surface area contributed by atoms with E-state index in [0.29, 0.717) is 19.4 Å². The van der Waals surface area contributed by atoms with Crippen LogP contribution in [0.1, 0.15) is 112 Å². The third-order valence-corrected chi connectivity index (χ3v) is 6.31. The molecular formula is C24H45NO5. The van der Waals surface area contributed by atoms with Crippen molar-refractivity contribution in [3.05, 3.63) is 0 Å². The number of aliphatic hydroxyl groups is 1. The van der Waals surface area contributed by atoms with Crippen molar-refractivity contribution in [3.63, 3.8) is 0 Å². The Kier molecular flexibility index (Phi) is 11.9. The molecule has 0 unspecified atom stereocenters. The standard InChI is InChI=1S/C24H45NO5/c1-6-7-8-9-10-11-12-13-14-15-21(27)29-30-22(28)20-18-23(2,3)25(16-17-26)24(4,5)19-20/h20,26H,6-19H2,1-5H3. The summed E-state index contributed by atoms with van der Waals surface area (Å²) >= 11 is 0. The predicted molar refractivity (Wildman–Crippen MR) is 119 cm³/mol. The maximum atomic E-state index is 12.5. The van der Waals surface area contributed by atoms with Crippen LogP contribution in [0.3, 0.4) is 0 Å². The minimum absolute atomic E-state index is 0.0818. The molecule has 1 heterocycles. The van der Waals surface area contributed by atoms with E-state index in [0.717, 1.165) is 19.3 Å². The summed E-state index contributed by atoms with van der Waals surface area (Å²) in [6.07, 6.45) is 12.1. The lowest BCUT2D eigenvalue weighted by Gasteiger charge is -2.54. The van der Waals surface area contributed by atoms with Crippen molar-refractivity contribution in [2.75, 3.05) is 13.2 Å². The number of nitrogens with zero attached hydrogens (tertiary/aromatic N) is 1. The lowest BCUT2D eigenvalue weighted by atomic mass is 9.73. The summed E-state index contributed by atoms with van der Waals surface area (Å²) in [6.45, 7) is 11.1. The van der Waals surface area contributed by atoms with Crippen LogP contribution in [0.25, 0.3) is 0 Å². The van der Waals surface area contributed by atoms with Gasteiger partial charge in [0.25, 0.3) is 0 Å². The molecule has 0 aromatic rings. The van der Waals surface area contributed by atoms with Crippen molar-refractivity contribution in [1.82, 2.24) is 4.90 Å². The van der Waals surface area contributed by atoms with Crippen LogP contribution in [0.5, 0.6) is 0 Å². The van der Waals surface area contributed by atoms with Crippen LogP contribution in [0, 0.1) is 5.92 Å². The van der Waals surface area contributed by atoms with E-state index in [1.54, 1.807) is 0 Å². The molecule has 176 valence electrons. The highest BCUT2D eigenvalue weighted by Gasteiger charge is 2.47. The second-order valence-corrected chi connectivity index (χ2v) is 10.0. The van der Waals surface area contributed by atoms with E-state index in [1.807, 2.05) is 0 Å². The molecular weight excluding hydrogens is 382 g/mol. The van der Waals surface area contributed by atoms with Crippen molar-refractivity contribution < 1.29 is 24.5 Å². The molecule has 1 saturated heterocycles. The summed E-state index contributed by atoms with van der Waals surface area (Å²) in [6, 6.07) is 0. The van der Waals surface area contributed by atoms with Gasteiger partial charge >= 0.3 is 11.9 Å². The second kappa shape index (κ2) is 13.3. The smallest absolute Gasteiger partial charge is 0.358 e. The van der Waals surface area contributed by atoms with E-state index in [-0.39, 0.29) is 30.0 Å². The average Bonchev–Trinajstić information content (AvgIpc) is 2.67. The molecule has 0 aromatic carbocycles. The zero-order valence-corrected chi connectivity index (χ0v) is 20.0. The van der Waals surface area contributed by atoms with Crippen LogP contribution in [0.4, 0.5) is 0 Å². The Labute approximate surface area is 183 Å². The molecule has 0 aliphatic carbocycles. The fourth-order valence-corrected chi connectivity index (χ4v) is 4.97. The molecule has 0 amide bonds. The summed E-state index contributed by atoms with van der Waals surface area (Å²) in [5, 5.41) is 9.37. The van der Waals surface area contributed by atoms with Crippen molar-refractivity contribution in [2.24, 2.45) is 5.92 Å². The monoisotopic (exact) mass is 427 g/mol. The van der Waals surface area contributed by atoms with Crippen LogP contribution in [-0.2, 0) is 19.4 Å². The molecule has 1 aliphatic rings. The number of aliphatic hydroxyl groups excluding tert-OH is 1. The number of carbonyl (C=O) groups is 2. The molecule has 6 nitrogen and oxygen atoms in total. The maximum Gasteiger partial charge on any atom is 0.358 e. The molecule has 30 heavy (non-hydrogen) atoms. The number of hydrogen-bond acceptors (Lipinski definition) is 6. The largest absolute Gasteiger partial charge is 0.395 e. The Bertz CT molecular complexity index is 500. The van der Waals surface area contributed by atoms with Gasteiger partial charge in [0.2, 0.25) is 0 Å². The van der Waals surface area contributed by atoms with E-state index < -0.39 is 11.9 Å². The van der Waals surface area contributed by atoms with E-state index in [2.05, 4.69) is 39.5 Å². The number of unbranched alkanes of at least 4 members (excludes halogenated alkanes) is 8. The SMILES string of the molecule is CCCCCCCCCCCC(=O)OOC(=O)C1CC(C)(C)N(CCO)C(C)(C)C1. The highest BCUT2D eigenvalue weighted by atomic mass is 17.2. The fraction of sp³-hybridized carbons (Fsp3) is 0.917. The van der Waals surface area contributed by atoms with Gasteiger partial charge in [-0.05, 0) is 47.0 Å². The van der Waals surface area contributed by atoms with Gasteiger partial charge in [0.1, 0.15) is 0 Å². The first kappa shape index (κ1) is 26.9. The van der Waals surface area contributed by atoms with Crippen molar-refractivity contribution >= 4 is 11.9 Å². The lowest BCUT2D eigenvalue weighted by Crippen LogP contribution is -2.62. The predicted octanol–water partition coefficient (Wildman–Crippen LogP) is 5.17. The Morgan fingerprint density at radius 3 is 1.87 bits per heavy atom. The Morgan fingerprint density at radius 2 is 1.37 bits per heavy atom. The summed E-state index contributed by atoms with van der Waals surface area (Å²) in [7, 11) is 0. The number of hydrogen-bond donors (Lipinski definition) is 1. The van der Waals surface area contributed by atoms with Gasteiger partial charge in [0.15, 0.2) is 0 Å². The van der Waals surface area contributed by atoms with Crippen molar-refractivity contribution in [2.45, 2.75) is 123 Å². The highest BCUT2D eigenvalue weighted by Crippen LogP contribution is 2.41. The quantitative estimate of drug-likeness (QED) is 0.248. The van der Waals surface area contributed by atoms with E-state index >= 15 is 0 Å². The zero-order valence-electron chi connectivity index (χ0n) is 20.0. The summed E-state index contributed by atoms with van der Waals surface area (Å²) in [4.78, 5) is 36.3. The first-order valence-electron chi connectivity index (χ1n) is 11.9. The van der Waals surface area contributed by atoms with E-state index in [9.17, 15) is 14.7 Å². The summed E-state index contributed by atoms with van der Waals surface area (Å²) in [5.41, 5.74) is -0.510. The van der Waals surface area contributed by atoms with Crippen LogP contribution in [0.2, 0.25) is 0 Å². The number of rotatable bonds is 13. The summed E-state index contributed by atoms with van der Waals surface area (Å²) in [5.74, 6) is -1.27. The van der Waals surface area contributed by atoms with Gasteiger partial charge in [-0.15, -0.1) is 0 Å². The highest BCUT2D eigenvalue weighted by molar-refractivity contribution is 5.75. The normalized spacial score (nSPS) is 18.9. The lowest BCUT2D eigenvalue weighted by molar-refractivity contribution is -0.265. The molecule has 1 aliphatic heterocycles. The fourth-order valence-electron chi connectivity index (χ4n) is 4.97. The zero-order chi connectivity index (χ0) is 22.6. The second-order valence-electron chi connectivity index (χ2n) is 10.0. The Morgan fingerprint density at radius 1 is 0.867 bits per heavy atom. The van der Waals surface area contributed by atoms with Gasteiger partial charge < -0.3 is 5.11 Å². The summed E-state index contributed by atoms with van der Waals surface area (Å²) < 4.78 is 0. The number of β-amino-alcohol motifs (C(OH)–C–C–N with tert-alkyl or cyclic N) is 1. The van der Waals surface area contributed by atoms with Crippen LogP contribution < -0.4 is 0 Å². The van der Waals surface area contributed by atoms with Crippen LogP contribution >= 0.6 is 0 Å². The number of likely N-dealkylation sites (tertiary alicyclic amines) is 1. The topological polar surface area (TPSA) is 76.1 Å². The molecule has 1 rings (SSSR count). The Hall–Kier alpha value is -1.14. The average molecular weight is 428 g/mol. The van der Waals surface area contributed by atoms with Gasteiger partial charge in [-0.3, -0.25) is 4.90 Å². The van der Waals surface area contributed by atoms with Gasteiger partial charge in [-0.1, -0.05) is 58.3 Å². The minimum atomic E-state index is -0.472. The molecule has 0 aromatic heterocycles. The first-order chi connectivity index (χ1) is 14.1. The number of carbonyl (C=O) groups excluding carboxylic acids is 2. The van der Waals surface area contributed by atoms with Gasteiger partial charge in [0.05, 0.1) is 18.9 Å². The third-order valence-electron chi connectivity index (χ3n) is 6.31. The van der Waals surface area contributed by atoms with E-state index in [4.69, 9.17) is 9.78 Å². The Balaban J connectivity index is 2.26. The molecule has 1 N–H and O–H groups in total. The molecule has 0 bridgehead atoms.